The number of anilines is 1. The molecule has 122 valence electrons. The molecule has 0 fully saturated rings. The molecule has 0 aliphatic rings. The van der Waals surface area contributed by atoms with E-state index in [1.54, 1.807) is 24.3 Å². The van der Waals surface area contributed by atoms with Gasteiger partial charge in [0.1, 0.15) is 0 Å². The number of aromatic nitrogens is 1. The van der Waals surface area contributed by atoms with Gasteiger partial charge in [0, 0.05) is 22.7 Å². The van der Waals surface area contributed by atoms with Crippen LogP contribution in [0.5, 0.6) is 0 Å². The number of sulfonamides is 1. The molecule has 0 atom stereocenters. The van der Waals surface area contributed by atoms with Crippen molar-refractivity contribution in [2.24, 2.45) is 0 Å². The number of para-hydroxylation sites is 1. The van der Waals surface area contributed by atoms with E-state index < -0.39 is 25.5 Å². The van der Waals surface area contributed by atoms with E-state index in [2.05, 4.69) is 9.71 Å². The molecule has 3 aromatic rings. The Morgan fingerprint density at radius 1 is 1.12 bits per heavy atom. The minimum absolute atomic E-state index is 0.0764. The van der Waals surface area contributed by atoms with Gasteiger partial charge in [-0.25, -0.2) is 8.42 Å². The lowest BCUT2D eigenvalue weighted by atomic mass is 10.2. The molecule has 0 aliphatic carbocycles. The van der Waals surface area contributed by atoms with Crippen LogP contribution in [0.25, 0.3) is 10.9 Å². The second-order valence-corrected chi connectivity index (χ2v) is 6.94. The molecular formula is C15H10ClN3O4S. The Morgan fingerprint density at radius 3 is 2.62 bits per heavy atom. The molecule has 3 rings (SSSR count). The third kappa shape index (κ3) is 3.01. The molecule has 0 spiro atoms. The van der Waals surface area contributed by atoms with Crippen LogP contribution in [0.3, 0.4) is 0 Å². The first-order valence-corrected chi connectivity index (χ1v) is 8.55. The summed E-state index contributed by atoms with van der Waals surface area (Å²) in [5.41, 5.74) is 0.0840. The van der Waals surface area contributed by atoms with Gasteiger partial charge in [-0.3, -0.25) is 19.8 Å². The molecule has 0 unspecified atom stereocenters. The summed E-state index contributed by atoms with van der Waals surface area (Å²) in [4.78, 5) is 14.0. The number of pyridine rings is 1. The van der Waals surface area contributed by atoms with E-state index in [9.17, 15) is 18.5 Å². The molecule has 1 aromatic heterocycles. The Bertz CT molecular complexity index is 1050. The molecule has 7 nitrogen and oxygen atoms in total. The minimum atomic E-state index is -4.19. The van der Waals surface area contributed by atoms with Gasteiger partial charge in [-0.05, 0) is 24.3 Å². The predicted molar refractivity (Wildman–Crippen MR) is 90.7 cm³/mol. The van der Waals surface area contributed by atoms with Crippen molar-refractivity contribution < 1.29 is 13.3 Å². The van der Waals surface area contributed by atoms with E-state index in [1.165, 1.54) is 18.3 Å². The van der Waals surface area contributed by atoms with Crippen LogP contribution in [0.2, 0.25) is 5.02 Å². The Kier molecular flexibility index (Phi) is 4.08. The van der Waals surface area contributed by atoms with Crippen molar-refractivity contribution in [2.75, 3.05) is 4.72 Å². The molecule has 24 heavy (non-hydrogen) atoms. The van der Waals surface area contributed by atoms with Crippen LogP contribution in [0.4, 0.5) is 11.4 Å². The third-order valence-corrected chi connectivity index (χ3v) is 4.93. The van der Waals surface area contributed by atoms with Crippen molar-refractivity contribution in [3.05, 3.63) is 69.9 Å². The van der Waals surface area contributed by atoms with Crippen LogP contribution in [-0.2, 0) is 10.0 Å². The van der Waals surface area contributed by atoms with Gasteiger partial charge in [0.15, 0.2) is 4.90 Å². The number of nitrogens with one attached hydrogen (secondary N) is 1. The zero-order valence-corrected chi connectivity index (χ0v) is 13.6. The van der Waals surface area contributed by atoms with Crippen LogP contribution in [0, 0.1) is 10.1 Å². The molecule has 0 saturated heterocycles. The average molecular weight is 364 g/mol. The molecule has 2 aromatic carbocycles. The normalized spacial score (nSPS) is 11.4. The van der Waals surface area contributed by atoms with Gasteiger partial charge in [0.25, 0.3) is 15.7 Å². The number of hydrogen-bond donors (Lipinski definition) is 1. The maximum Gasteiger partial charge on any atom is 0.291 e. The Labute approximate surface area is 142 Å². The molecule has 0 aliphatic heterocycles. The lowest BCUT2D eigenvalue weighted by Crippen LogP contribution is -2.15. The van der Waals surface area contributed by atoms with Crippen LogP contribution in [0.15, 0.2) is 59.6 Å². The quantitative estimate of drug-likeness (QED) is 0.563. The fourth-order valence-electron chi connectivity index (χ4n) is 2.25. The van der Waals surface area contributed by atoms with Gasteiger partial charge in [-0.1, -0.05) is 29.8 Å². The number of nitrogens with zero attached hydrogens (tertiary/aromatic N) is 2. The average Bonchev–Trinajstić information content (AvgIpc) is 2.54. The van der Waals surface area contributed by atoms with Crippen molar-refractivity contribution in [1.82, 2.24) is 4.98 Å². The van der Waals surface area contributed by atoms with E-state index in [0.717, 1.165) is 17.5 Å². The van der Waals surface area contributed by atoms with Crippen LogP contribution >= 0.6 is 11.6 Å². The third-order valence-electron chi connectivity index (χ3n) is 3.28. The van der Waals surface area contributed by atoms with Crippen molar-refractivity contribution >= 4 is 43.9 Å². The molecular weight excluding hydrogens is 354 g/mol. The molecule has 0 radical (unpaired) electrons. The minimum Gasteiger partial charge on any atom is -0.277 e. The first-order chi connectivity index (χ1) is 11.4. The topological polar surface area (TPSA) is 102 Å². The molecule has 0 saturated carbocycles. The van der Waals surface area contributed by atoms with Crippen molar-refractivity contribution in [3.63, 3.8) is 0 Å². The van der Waals surface area contributed by atoms with Gasteiger partial charge in [-0.2, -0.15) is 0 Å². The predicted octanol–water partition coefficient (Wildman–Crippen LogP) is 3.60. The Balaban J connectivity index is 2.11. The standard InChI is InChI=1S/C15H10ClN3O4S/c16-11-6-7-14(13(9-11)19(20)21)24(22,23)18-12-5-1-3-10-4-2-8-17-15(10)12/h1-9,18H. The van der Waals surface area contributed by atoms with Crippen LogP contribution in [0.1, 0.15) is 0 Å². The number of fused-ring (bicyclic) bond motifs is 1. The fraction of sp³-hybridized carbons (Fsp3) is 0. The highest BCUT2D eigenvalue weighted by Gasteiger charge is 2.26. The summed E-state index contributed by atoms with van der Waals surface area (Å²) in [7, 11) is -4.19. The van der Waals surface area contributed by atoms with Gasteiger partial charge in [0.2, 0.25) is 0 Å². The van der Waals surface area contributed by atoms with E-state index >= 15 is 0 Å². The van der Waals surface area contributed by atoms with Gasteiger partial charge < -0.3 is 0 Å². The number of hydrogen-bond acceptors (Lipinski definition) is 5. The number of nitro groups is 1. The summed E-state index contributed by atoms with van der Waals surface area (Å²) in [6.45, 7) is 0. The molecule has 1 heterocycles. The van der Waals surface area contributed by atoms with Crippen LogP contribution < -0.4 is 4.72 Å². The molecule has 0 amide bonds. The summed E-state index contributed by atoms with van der Waals surface area (Å²) in [6, 6.07) is 11.9. The zero-order chi connectivity index (χ0) is 17.3. The second kappa shape index (κ2) is 6.06. The second-order valence-electron chi connectivity index (χ2n) is 4.86. The van der Waals surface area contributed by atoms with Crippen LogP contribution in [-0.4, -0.2) is 18.3 Å². The summed E-state index contributed by atoms with van der Waals surface area (Å²) >= 11 is 5.72. The Morgan fingerprint density at radius 2 is 1.88 bits per heavy atom. The molecule has 9 heteroatoms. The van der Waals surface area contributed by atoms with Crippen molar-refractivity contribution in [1.29, 1.82) is 0 Å². The van der Waals surface area contributed by atoms with E-state index in [0.29, 0.717) is 5.52 Å². The fourth-order valence-corrected chi connectivity index (χ4v) is 3.63. The smallest absolute Gasteiger partial charge is 0.277 e. The Hall–Kier alpha value is -2.71. The summed E-state index contributed by atoms with van der Waals surface area (Å²) in [5, 5.41) is 11.9. The lowest BCUT2D eigenvalue weighted by molar-refractivity contribution is -0.387. The van der Waals surface area contributed by atoms with Gasteiger partial charge in [-0.15, -0.1) is 0 Å². The van der Waals surface area contributed by atoms with Crippen molar-refractivity contribution in [3.8, 4) is 0 Å². The number of halogens is 1. The van der Waals surface area contributed by atoms with Gasteiger partial charge >= 0.3 is 0 Å². The largest absolute Gasteiger partial charge is 0.291 e. The maximum atomic E-state index is 12.6. The first kappa shape index (κ1) is 16.2. The lowest BCUT2D eigenvalue weighted by Gasteiger charge is -2.10. The summed E-state index contributed by atoms with van der Waals surface area (Å²) in [6.07, 6.45) is 1.53. The van der Waals surface area contributed by atoms with E-state index in [4.69, 9.17) is 11.6 Å². The summed E-state index contributed by atoms with van der Waals surface area (Å²) in [5.74, 6) is 0. The first-order valence-electron chi connectivity index (χ1n) is 6.69. The zero-order valence-electron chi connectivity index (χ0n) is 12.0. The van der Waals surface area contributed by atoms with Gasteiger partial charge in [0.05, 0.1) is 16.1 Å². The highest BCUT2D eigenvalue weighted by atomic mass is 35.5. The SMILES string of the molecule is O=[N+]([O-])c1cc(Cl)ccc1S(=O)(=O)Nc1cccc2cccnc12. The number of rotatable bonds is 4. The van der Waals surface area contributed by atoms with E-state index in [-0.39, 0.29) is 10.7 Å². The highest BCUT2D eigenvalue weighted by Crippen LogP contribution is 2.30. The highest BCUT2D eigenvalue weighted by molar-refractivity contribution is 7.92. The van der Waals surface area contributed by atoms with E-state index in [1.807, 2.05) is 0 Å². The number of benzene rings is 2. The number of nitro benzene ring substituents is 1. The van der Waals surface area contributed by atoms with Crippen molar-refractivity contribution in [2.45, 2.75) is 4.90 Å². The molecule has 1 N–H and O–H groups in total. The molecule has 0 bridgehead atoms. The maximum absolute atomic E-state index is 12.6. The monoisotopic (exact) mass is 363 g/mol. The summed E-state index contributed by atoms with van der Waals surface area (Å²) < 4.78 is 27.5.